The summed E-state index contributed by atoms with van der Waals surface area (Å²) in [6, 6.07) is 4.76. The highest BCUT2D eigenvalue weighted by atomic mass is 35.6. The van der Waals surface area contributed by atoms with Crippen molar-refractivity contribution in [3.05, 3.63) is 30.1 Å². The van der Waals surface area contributed by atoms with Crippen LogP contribution in [-0.4, -0.2) is 45.4 Å². The molecule has 1 aliphatic rings. The Morgan fingerprint density at radius 2 is 1.87 bits per heavy atom. The van der Waals surface area contributed by atoms with E-state index in [0.29, 0.717) is 0 Å². The molecule has 2 rings (SSSR count). The molecule has 23 heavy (non-hydrogen) atoms. The second kappa shape index (κ2) is 6.81. The Kier molecular flexibility index (Phi) is 5.41. The van der Waals surface area contributed by atoms with Crippen LogP contribution in [0.15, 0.2) is 29.3 Å². The van der Waals surface area contributed by atoms with Crippen molar-refractivity contribution in [3.8, 4) is 0 Å². The predicted molar refractivity (Wildman–Crippen MR) is 89.3 cm³/mol. The number of anilines is 1. The molecule has 1 aromatic rings. The molecule has 0 aromatic heterocycles. The van der Waals surface area contributed by atoms with E-state index in [0.717, 1.165) is 15.9 Å². The van der Waals surface area contributed by atoms with Crippen molar-refractivity contribution in [2.75, 3.05) is 18.5 Å². The maximum atomic E-state index is 14.0. The number of likely N-dealkylation sites (N-methyl/N-ethyl adjacent to an activating group) is 1. The Labute approximate surface area is 151 Å². The topological polar surface area (TPSA) is 53.0 Å². The Morgan fingerprint density at radius 1 is 1.26 bits per heavy atom. The summed E-state index contributed by atoms with van der Waals surface area (Å²) < 4.78 is 12.2. The lowest BCUT2D eigenvalue weighted by atomic mass is 10.3. The summed E-state index contributed by atoms with van der Waals surface area (Å²) in [6.45, 7) is -0.245. The number of carbonyl (C=O) groups excluding carboxylic acids is 2. The lowest BCUT2D eigenvalue weighted by Crippen LogP contribution is -2.33. The first-order chi connectivity index (χ1) is 10.6. The molecule has 1 fully saturated rings. The summed E-state index contributed by atoms with van der Waals surface area (Å²) >= 11 is 22.8. The molecule has 10 heteroatoms. The summed E-state index contributed by atoms with van der Waals surface area (Å²) in [7, 11) is 1.26. The number of aliphatic imine (C=N–C) groups is 1. The minimum absolute atomic E-state index is 0.103. The highest BCUT2D eigenvalue weighted by Gasteiger charge is 2.42. The second-order valence-electron chi connectivity index (χ2n) is 4.61. The van der Waals surface area contributed by atoms with Gasteiger partial charge in [0.05, 0.1) is 12.2 Å². The number of urea groups is 1. The number of hydrogen-bond donors (Lipinski definition) is 0. The van der Waals surface area contributed by atoms with Crippen molar-refractivity contribution in [1.82, 2.24) is 4.90 Å². The number of carbonyl (C=O) groups is 2. The van der Waals surface area contributed by atoms with E-state index in [2.05, 4.69) is 4.99 Å². The van der Waals surface area contributed by atoms with Gasteiger partial charge in [0.15, 0.2) is 0 Å². The van der Waals surface area contributed by atoms with Crippen LogP contribution in [0.3, 0.4) is 0 Å². The molecule has 1 atom stereocenters. The first-order valence-corrected chi connectivity index (χ1v) is 7.83. The lowest BCUT2D eigenvalue weighted by Gasteiger charge is -2.18. The number of halogens is 5. The van der Waals surface area contributed by atoms with Crippen molar-refractivity contribution >= 4 is 69.9 Å². The molecule has 1 unspecified atom stereocenters. The van der Waals surface area contributed by atoms with Gasteiger partial charge in [-0.1, -0.05) is 46.9 Å². The molecule has 1 heterocycles. The average Bonchev–Trinajstić information content (AvgIpc) is 2.68. The molecule has 0 bridgehead atoms. The number of para-hydroxylation sites is 1. The molecule has 124 valence electrons. The molecule has 0 radical (unpaired) electrons. The molecule has 5 nitrogen and oxygen atoms in total. The third-order valence-corrected chi connectivity index (χ3v) is 4.63. The number of nitrogens with zero attached hydrogens (tertiary/aromatic N) is 3. The average molecular weight is 401 g/mol. The highest BCUT2D eigenvalue weighted by molar-refractivity contribution is 6.70. The normalized spacial score (nSPS) is 19.0. The van der Waals surface area contributed by atoms with Crippen molar-refractivity contribution in [1.29, 1.82) is 0 Å². The van der Waals surface area contributed by atoms with Crippen LogP contribution in [0.5, 0.6) is 0 Å². The van der Waals surface area contributed by atoms with Gasteiger partial charge in [-0.15, -0.1) is 11.6 Å². The quantitative estimate of drug-likeness (QED) is 0.574. The van der Waals surface area contributed by atoms with Gasteiger partial charge >= 0.3 is 6.03 Å². The Bertz CT molecular complexity index is 677. The van der Waals surface area contributed by atoms with Gasteiger partial charge in [0, 0.05) is 7.05 Å². The van der Waals surface area contributed by atoms with E-state index in [1.54, 1.807) is 0 Å². The van der Waals surface area contributed by atoms with Gasteiger partial charge in [0.25, 0.3) is 5.91 Å². The zero-order valence-corrected chi connectivity index (χ0v) is 14.7. The van der Waals surface area contributed by atoms with Crippen LogP contribution in [0.4, 0.5) is 14.9 Å². The number of amidine groups is 1. The zero-order chi connectivity index (χ0) is 17.4. The summed E-state index contributed by atoms with van der Waals surface area (Å²) in [5.74, 6) is -1.67. The van der Waals surface area contributed by atoms with Crippen LogP contribution in [0.2, 0.25) is 0 Å². The van der Waals surface area contributed by atoms with Crippen LogP contribution in [0.1, 0.15) is 0 Å². The third-order valence-electron chi connectivity index (χ3n) is 3.04. The van der Waals surface area contributed by atoms with Crippen LogP contribution >= 0.6 is 46.4 Å². The standard InChI is InChI=1S/C13H10Cl4FN3O2/c1-20-11(22)10(19-6-9(14)13(15,16)17)21(12(20)23)8-5-3-2-4-7(8)18/h2-5,9H,6H2,1H3. The van der Waals surface area contributed by atoms with Gasteiger partial charge in [0.1, 0.15) is 11.2 Å². The maximum absolute atomic E-state index is 14.0. The molecule has 3 amide bonds. The van der Waals surface area contributed by atoms with Gasteiger partial charge in [-0.05, 0) is 12.1 Å². The van der Waals surface area contributed by atoms with Crippen molar-refractivity contribution in [2.24, 2.45) is 4.99 Å². The number of rotatable bonds is 3. The zero-order valence-electron chi connectivity index (χ0n) is 11.6. The van der Waals surface area contributed by atoms with Gasteiger partial charge in [-0.2, -0.15) is 0 Å². The van der Waals surface area contributed by atoms with Crippen LogP contribution in [0, 0.1) is 5.82 Å². The van der Waals surface area contributed by atoms with Crippen molar-refractivity contribution in [2.45, 2.75) is 9.17 Å². The summed E-state index contributed by atoms with van der Waals surface area (Å²) in [4.78, 5) is 30.0. The minimum Gasteiger partial charge on any atom is -0.265 e. The molecule has 1 saturated heterocycles. The minimum atomic E-state index is -1.80. The molecule has 0 spiro atoms. The fraction of sp³-hybridized carbons (Fsp3) is 0.308. The number of alkyl halides is 4. The van der Waals surface area contributed by atoms with Crippen LogP contribution in [0.25, 0.3) is 0 Å². The smallest absolute Gasteiger partial charge is 0.265 e. The molecule has 0 saturated carbocycles. The van der Waals surface area contributed by atoms with E-state index in [1.165, 1.54) is 25.2 Å². The Morgan fingerprint density at radius 3 is 2.43 bits per heavy atom. The van der Waals surface area contributed by atoms with Gasteiger partial charge in [-0.25, -0.2) is 14.1 Å². The monoisotopic (exact) mass is 399 g/mol. The van der Waals surface area contributed by atoms with E-state index < -0.39 is 26.9 Å². The van der Waals surface area contributed by atoms with E-state index >= 15 is 0 Å². The molecule has 0 aliphatic carbocycles. The number of amides is 3. The fourth-order valence-electron chi connectivity index (χ4n) is 1.83. The largest absolute Gasteiger partial charge is 0.337 e. The van der Waals surface area contributed by atoms with Crippen LogP contribution in [-0.2, 0) is 4.79 Å². The van der Waals surface area contributed by atoms with Gasteiger partial charge in [0.2, 0.25) is 9.63 Å². The van der Waals surface area contributed by atoms with Crippen molar-refractivity contribution < 1.29 is 14.0 Å². The first-order valence-electron chi connectivity index (χ1n) is 6.26. The van der Waals surface area contributed by atoms with E-state index in [9.17, 15) is 14.0 Å². The third kappa shape index (κ3) is 3.71. The van der Waals surface area contributed by atoms with Gasteiger partial charge in [-0.3, -0.25) is 14.7 Å². The lowest BCUT2D eigenvalue weighted by molar-refractivity contribution is -0.119. The number of benzene rings is 1. The molecular weight excluding hydrogens is 391 g/mol. The molecule has 1 aliphatic heterocycles. The Hall–Kier alpha value is -1.08. The van der Waals surface area contributed by atoms with E-state index in [-0.39, 0.29) is 18.1 Å². The molecule has 0 N–H and O–H groups in total. The van der Waals surface area contributed by atoms with E-state index in [1.807, 2.05) is 0 Å². The number of hydrogen-bond acceptors (Lipinski definition) is 3. The fourth-order valence-corrected chi connectivity index (χ4v) is 2.11. The van der Waals surface area contributed by atoms with E-state index in [4.69, 9.17) is 46.4 Å². The Balaban J connectivity index is 2.40. The molecular formula is C13H10Cl4FN3O2. The number of imide groups is 1. The summed E-state index contributed by atoms with van der Waals surface area (Å²) in [5, 5.41) is -1.03. The first kappa shape index (κ1) is 18.3. The maximum Gasteiger partial charge on any atom is 0.337 e. The molecule has 1 aromatic carbocycles. The van der Waals surface area contributed by atoms with Crippen molar-refractivity contribution in [3.63, 3.8) is 0 Å². The van der Waals surface area contributed by atoms with Gasteiger partial charge < -0.3 is 0 Å². The SMILES string of the molecule is CN1C(=O)C(=NCC(Cl)C(Cl)(Cl)Cl)N(c2ccccc2F)C1=O. The van der Waals surface area contributed by atoms with Crippen LogP contribution < -0.4 is 4.90 Å². The summed E-state index contributed by atoms with van der Waals surface area (Å²) in [5.41, 5.74) is -0.103. The second-order valence-corrected chi connectivity index (χ2v) is 7.50. The predicted octanol–water partition coefficient (Wildman–Crippen LogP) is 3.60. The summed E-state index contributed by atoms with van der Waals surface area (Å²) in [6.07, 6.45) is 0. The highest BCUT2D eigenvalue weighted by Crippen LogP contribution is 2.34.